The fourth-order valence-electron chi connectivity index (χ4n) is 1.42. The van der Waals surface area contributed by atoms with Crippen LogP contribution >= 0.6 is 0 Å². The molecular formula is C10H10FN3O4. The Bertz CT molecular complexity index is 647. The molecule has 0 radical (unpaired) electrons. The molecule has 2 aromatic heterocycles. The number of hydrogen-bond donors (Lipinski definition) is 3. The summed E-state index contributed by atoms with van der Waals surface area (Å²) in [5, 5.41) is 18.7. The first kappa shape index (κ1) is 12.1. The van der Waals surface area contributed by atoms with Gasteiger partial charge in [-0.25, -0.2) is 9.36 Å². The molecule has 0 unspecified atom stereocenters. The summed E-state index contributed by atoms with van der Waals surface area (Å²) in [7, 11) is 0. The Morgan fingerprint density at radius 3 is 2.78 bits per heavy atom. The van der Waals surface area contributed by atoms with Crippen molar-refractivity contribution in [2.45, 2.75) is 13.0 Å². The van der Waals surface area contributed by atoms with Crippen LogP contribution in [0, 0.1) is 5.82 Å². The third-order valence-corrected chi connectivity index (χ3v) is 2.26. The number of nitrogens with two attached hydrogens (primary N) is 1. The summed E-state index contributed by atoms with van der Waals surface area (Å²) in [5.74, 6) is -2.95. The first-order valence-electron chi connectivity index (χ1n) is 4.96. The number of aliphatic hydroxyl groups is 1. The van der Waals surface area contributed by atoms with E-state index in [9.17, 15) is 19.4 Å². The molecule has 0 saturated carbocycles. The molecule has 0 saturated heterocycles. The van der Waals surface area contributed by atoms with Crippen LogP contribution in [0.1, 0.15) is 18.8 Å². The second kappa shape index (κ2) is 4.15. The molecule has 4 N–H and O–H groups in total. The van der Waals surface area contributed by atoms with Gasteiger partial charge < -0.3 is 20.4 Å². The number of halogens is 1. The van der Waals surface area contributed by atoms with E-state index in [4.69, 9.17) is 10.2 Å². The predicted octanol–water partition coefficient (Wildman–Crippen LogP) is 0.306. The highest BCUT2D eigenvalue weighted by molar-refractivity contribution is 5.38. The zero-order valence-electron chi connectivity index (χ0n) is 9.29. The molecule has 7 nitrogen and oxygen atoms in total. The predicted molar refractivity (Wildman–Crippen MR) is 58.8 cm³/mol. The summed E-state index contributed by atoms with van der Waals surface area (Å²) in [6.45, 7) is 1.28. The second-order valence-corrected chi connectivity index (χ2v) is 3.62. The van der Waals surface area contributed by atoms with Crippen molar-refractivity contribution in [2.75, 3.05) is 5.73 Å². The van der Waals surface area contributed by atoms with E-state index < -0.39 is 29.2 Å². The average Bonchev–Trinajstić information content (AvgIpc) is 2.57. The van der Waals surface area contributed by atoms with Gasteiger partial charge in [0.05, 0.1) is 0 Å². The van der Waals surface area contributed by atoms with Crippen molar-refractivity contribution in [2.24, 2.45) is 0 Å². The van der Waals surface area contributed by atoms with Crippen LogP contribution in [-0.2, 0) is 0 Å². The summed E-state index contributed by atoms with van der Waals surface area (Å²) in [4.78, 5) is 14.9. The van der Waals surface area contributed by atoms with Crippen LogP contribution in [0.4, 0.5) is 10.2 Å². The highest BCUT2D eigenvalue weighted by Gasteiger charge is 2.24. The Labute approximate surface area is 99.9 Å². The lowest BCUT2D eigenvalue weighted by Crippen LogP contribution is -2.21. The van der Waals surface area contributed by atoms with Crippen molar-refractivity contribution in [3.05, 3.63) is 34.3 Å². The van der Waals surface area contributed by atoms with Crippen LogP contribution in [-0.4, -0.2) is 19.8 Å². The smallest absolute Gasteiger partial charge is 0.356 e. The summed E-state index contributed by atoms with van der Waals surface area (Å²) < 4.78 is 19.3. The lowest BCUT2D eigenvalue weighted by Gasteiger charge is -2.01. The van der Waals surface area contributed by atoms with Gasteiger partial charge in [-0.3, -0.25) is 0 Å². The molecule has 0 spiro atoms. The molecular weight excluding hydrogens is 245 g/mol. The molecule has 0 bridgehead atoms. The van der Waals surface area contributed by atoms with Gasteiger partial charge in [0.25, 0.3) is 0 Å². The van der Waals surface area contributed by atoms with Crippen molar-refractivity contribution in [1.82, 2.24) is 9.55 Å². The van der Waals surface area contributed by atoms with E-state index in [1.54, 1.807) is 0 Å². The maximum Gasteiger partial charge on any atom is 0.356 e. The highest BCUT2D eigenvalue weighted by atomic mass is 19.1. The Balaban J connectivity index is 2.65. The van der Waals surface area contributed by atoms with Crippen LogP contribution in [0.5, 0.6) is 5.75 Å². The van der Waals surface area contributed by atoms with Gasteiger partial charge in [-0.2, -0.15) is 9.37 Å². The quantitative estimate of drug-likeness (QED) is 0.711. The highest BCUT2D eigenvalue weighted by Crippen LogP contribution is 2.33. The van der Waals surface area contributed by atoms with Crippen LogP contribution in [0.15, 0.2) is 21.5 Å². The molecule has 0 aliphatic heterocycles. The van der Waals surface area contributed by atoms with E-state index in [0.717, 1.165) is 10.8 Å². The number of furan rings is 1. The summed E-state index contributed by atoms with van der Waals surface area (Å²) in [6, 6.07) is 1.27. The number of nitrogen functional groups attached to an aromatic ring is 1. The Morgan fingerprint density at radius 2 is 2.28 bits per heavy atom. The van der Waals surface area contributed by atoms with E-state index in [2.05, 4.69) is 4.98 Å². The number of aromatic nitrogens is 2. The molecule has 8 heteroatoms. The molecule has 1 atom stereocenters. The van der Waals surface area contributed by atoms with Gasteiger partial charge in [0, 0.05) is 6.20 Å². The third-order valence-electron chi connectivity index (χ3n) is 2.26. The molecule has 0 amide bonds. The second-order valence-electron chi connectivity index (χ2n) is 3.62. The van der Waals surface area contributed by atoms with Crippen LogP contribution in [0.2, 0.25) is 0 Å². The van der Waals surface area contributed by atoms with Gasteiger partial charge in [-0.1, -0.05) is 0 Å². The lowest BCUT2D eigenvalue weighted by molar-refractivity contribution is 0.163. The molecule has 0 aliphatic carbocycles. The van der Waals surface area contributed by atoms with Gasteiger partial charge >= 0.3 is 5.69 Å². The van der Waals surface area contributed by atoms with E-state index in [0.29, 0.717) is 0 Å². The lowest BCUT2D eigenvalue weighted by atomic mass is 10.3. The van der Waals surface area contributed by atoms with E-state index >= 15 is 0 Å². The van der Waals surface area contributed by atoms with E-state index in [1.165, 1.54) is 13.0 Å². The number of anilines is 1. The third kappa shape index (κ3) is 1.82. The standard InChI is InChI=1S/C10H10FN3O4/c1-4(15)8-7(16)6(11)9(18-8)14-3-2-5(12)13-10(14)17/h2-4,15-16H,1H3,(H2,12,13,17)/t4-/m0/s1. The molecule has 2 heterocycles. The van der Waals surface area contributed by atoms with E-state index in [-0.39, 0.29) is 11.6 Å². The summed E-state index contributed by atoms with van der Waals surface area (Å²) in [5.41, 5.74) is 4.43. The van der Waals surface area contributed by atoms with Gasteiger partial charge in [0.2, 0.25) is 11.7 Å². The SMILES string of the molecule is C[C@H](O)c1oc(-n2ccc(N)nc2=O)c(F)c1O. The molecule has 2 rings (SSSR count). The van der Waals surface area contributed by atoms with Gasteiger partial charge in [0.1, 0.15) is 11.9 Å². The van der Waals surface area contributed by atoms with Crippen LogP contribution < -0.4 is 11.4 Å². The fourth-order valence-corrected chi connectivity index (χ4v) is 1.42. The topological polar surface area (TPSA) is 115 Å². The van der Waals surface area contributed by atoms with Crippen molar-refractivity contribution in [3.63, 3.8) is 0 Å². The minimum atomic E-state index is -1.22. The molecule has 18 heavy (non-hydrogen) atoms. The largest absolute Gasteiger partial charge is 0.502 e. The summed E-state index contributed by atoms with van der Waals surface area (Å²) >= 11 is 0. The number of hydrogen-bond acceptors (Lipinski definition) is 6. The fraction of sp³-hybridized carbons (Fsp3) is 0.200. The van der Waals surface area contributed by atoms with Gasteiger partial charge in [-0.15, -0.1) is 0 Å². The normalized spacial score (nSPS) is 12.6. The van der Waals surface area contributed by atoms with Gasteiger partial charge in [0.15, 0.2) is 11.5 Å². The number of nitrogens with zero attached hydrogens (tertiary/aromatic N) is 2. The Kier molecular flexibility index (Phi) is 2.79. The molecule has 0 aliphatic rings. The van der Waals surface area contributed by atoms with Crippen molar-refractivity contribution in [1.29, 1.82) is 0 Å². The van der Waals surface area contributed by atoms with Crippen molar-refractivity contribution < 1.29 is 19.0 Å². The number of aliphatic hydroxyl groups excluding tert-OH is 1. The minimum absolute atomic E-state index is 0.0248. The molecule has 0 fully saturated rings. The Hall–Kier alpha value is -2.35. The number of aromatic hydroxyl groups is 1. The van der Waals surface area contributed by atoms with Crippen molar-refractivity contribution in [3.8, 4) is 11.6 Å². The van der Waals surface area contributed by atoms with Gasteiger partial charge in [-0.05, 0) is 13.0 Å². The zero-order chi connectivity index (χ0) is 13.4. The maximum absolute atomic E-state index is 13.7. The molecule has 0 aromatic carbocycles. The minimum Gasteiger partial charge on any atom is -0.502 e. The average molecular weight is 255 g/mol. The van der Waals surface area contributed by atoms with Crippen LogP contribution in [0.3, 0.4) is 0 Å². The first-order valence-corrected chi connectivity index (χ1v) is 4.96. The first-order chi connectivity index (χ1) is 8.41. The van der Waals surface area contributed by atoms with Crippen molar-refractivity contribution >= 4 is 5.82 Å². The summed E-state index contributed by atoms with van der Waals surface area (Å²) in [6.07, 6.45) is -0.0663. The number of rotatable bonds is 2. The Morgan fingerprint density at radius 1 is 1.61 bits per heavy atom. The van der Waals surface area contributed by atoms with Crippen LogP contribution in [0.25, 0.3) is 5.88 Å². The maximum atomic E-state index is 13.7. The molecule has 2 aromatic rings. The molecule has 96 valence electrons. The van der Waals surface area contributed by atoms with E-state index in [1.807, 2.05) is 0 Å². The monoisotopic (exact) mass is 255 g/mol. The zero-order valence-corrected chi connectivity index (χ0v) is 9.29.